The summed E-state index contributed by atoms with van der Waals surface area (Å²) < 4.78 is 5.32. The van der Waals surface area contributed by atoms with Crippen molar-refractivity contribution in [2.24, 2.45) is 0 Å². The van der Waals surface area contributed by atoms with Gasteiger partial charge in [0.1, 0.15) is 5.69 Å². The molecule has 3 heteroatoms. The highest BCUT2D eigenvalue weighted by molar-refractivity contribution is 5.96. The molecule has 0 unspecified atom stereocenters. The van der Waals surface area contributed by atoms with Crippen molar-refractivity contribution in [3.8, 4) is 0 Å². The van der Waals surface area contributed by atoms with Crippen LogP contribution in [0.15, 0.2) is 29.3 Å². The van der Waals surface area contributed by atoms with Gasteiger partial charge in [0.2, 0.25) is 0 Å². The van der Waals surface area contributed by atoms with Gasteiger partial charge in [-0.1, -0.05) is 17.8 Å². The number of benzene rings is 1. The molecule has 0 N–H and O–H groups in total. The Labute approximate surface area is 101 Å². The molecule has 0 bridgehead atoms. The third kappa shape index (κ3) is 1.71. The zero-order valence-corrected chi connectivity index (χ0v) is 9.85. The Hall–Kier alpha value is -1.77. The minimum atomic E-state index is 0.848. The van der Waals surface area contributed by atoms with Crippen molar-refractivity contribution in [2.45, 2.75) is 19.3 Å². The van der Waals surface area contributed by atoms with Gasteiger partial charge in [0.05, 0.1) is 11.1 Å². The van der Waals surface area contributed by atoms with E-state index in [1.807, 2.05) is 12.1 Å². The van der Waals surface area contributed by atoms with Crippen molar-refractivity contribution in [2.75, 3.05) is 18.0 Å². The molecule has 0 radical (unpaired) electrons. The minimum Gasteiger partial charge on any atom is -0.371 e. The van der Waals surface area contributed by atoms with Crippen LogP contribution in [-0.2, 0) is 0 Å². The second kappa shape index (κ2) is 4.24. The largest absolute Gasteiger partial charge is 0.371 e. The van der Waals surface area contributed by atoms with Crippen molar-refractivity contribution in [3.63, 3.8) is 0 Å². The Kier molecular flexibility index (Phi) is 2.59. The fourth-order valence-electron chi connectivity index (χ4n) is 2.53. The molecule has 17 heavy (non-hydrogen) atoms. The van der Waals surface area contributed by atoms with Gasteiger partial charge in [-0.05, 0) is 37.5 Å². The minimum absolute atomic E-state index is 0.848. The van der Waals surface area contributed by atoms with E-state index in [2.05, 4.69) is 22.7 Å². The van der Waals surface area contributed by atoms with Gasteiger partial charge in [0.25, 0.3) is 0 Å². The smallest absolute Gasteiger partial charge is 0.169 e. The first-order valence-corrected chi connectivity index (χ1v) is 6.16. The van der Waals surface area contributed by atoms with E-state index < -0.39 is 0 Å². The Morgan fingerprint density at radius 1 is 1.24 bits per heavy atom. The normalized spacial score (nSPS) is 16.4. The average molecular weight is 228 g/mol. The summed E-state index contributed by atoms with van der Waals surface area (Å²) in [6.45, 7) is 6.05. The summed E-state index contributed by atoms with van der Waals surface area (Å²) >= 11 is 0. The monoisotopic (exact) mass is 228 g/mol. The van der Waals surface area contributed by atoms with E-state index in [4.69, 9.17) is 4.52 Å². The molecular formula is C14H16N2O. The van der Waals surface area contributed by atoms with E-state index in [9.17, 15) is 0 Å². The number of piperidine rings is 1. The van der Waals surface area contributed by atoms with Crippen molar-refractivity contribution >= 4 is 22.7 Å². The first-order valence-electron chi connectivity index (χ1n) is 6.16. The fraction of sp³-hybridized carbons (Fsp3) is 0.357. The Morgan fingerprint density at radius 3 is 2.82 bits per heavy atom. The van der Waals surface area contributed by atoms with E-state index >= 15 is 0 Å². The van der Waals surface area contributed by atoms with Crippen LogP contribution in [0.1, 0.15) is 25.0 Å². The first kappa shape index (κ1) is 10.4. The second-order valence-electron chi connectivity index (χ2n) is 4.47. The number of anilines is 1. The summed E-state index contributed by atoms with van der Waals surface area (Å²) in [5, 5.41) is 5.15. The molecule has 3 nitrogen and oxygen atoms in total. The van der Waals surface area contributed by atoms with E-state index in [1.54, 1.807) is 6.08 Å². The first-order chi connectivity index (χ1) is 8.40. The third-order valence-corrected chi connectivity index (χ3v) is 3.39. The molecular weight excluding hydrogens is 212 g/mol. The fourth-order valence-corrected chi connectivity index (χ4v) is 2.53. The molecule has 2 heterocycles. The lowest BCUT2D eigenvalue weighted by molar-refractivity contribution is 0.454. The van der Waals surface area contributed by atoms with Crippen LogP contribution in [0, 0.1) is 0 Å². The summed E-state index contributed by atoms with van der Waals surface area (Å²) in [7, 11) is 0. The van der Waals surface area contributed by atoms with Crippen molar-refractivity contribution in [3.05, 3.63) is 30.5 Å². The molecule has 1 fully saturated rings. The van der Waals surface area contributed by atoms with Gasteiger partial charge in [-0.3, -0.25) is 0 Å². The number of rotatable bonds is 2. The molecule has 1 aromatic heterocycles. The highest BCUT2D eigenvalue weighted by Crippen LogP contribution is 2.31. The van der Waals surface area contributed by atoms with Crippen LogP contribution < -0.4 is 4.90 Å². The maximum atomic E-state index is 5.32. The lowest BCUT2D eigenvalue weighted by Crippen LogP contribution is -2.29. The van der Waals surface area contributed by atoms with E-state index in [1.165, 1.54) is 24.9 Å². The maximum absolute atomic E-state index is 5.32. The molecule has 0 aliphatic carbocycles. The topological polar surface area (TPSA) is 29.3 Å². The quantitative estimate of drug-likeness (QED) is 0.788. The summed E-state index contributed by atoms with van der Waals surface area (Å²) in [5.74, 6) is 0. The average Bonchev–Trinajstić information content (AvgIpc) is 2.82. The molecule has 0 spiro atoms. The van der Waals surface area contributed by atoms with Crippen LogP contribution in [0.2, 0.25) is 0 Å². The van der Waals surface area contributed by atoms with Crippen LogP contribution in [-0.4, -0.2) is 18.2 Å². The molecule has 88 valence electrons. The van der Waals surface area contributed by atoms with E-state index in [0.717, 1.165) is 29.8 Å². The van der Waals surface area contributed by atoms with Gasteiger partial charge in [-0.25, -0.2) is 0 Å². The van der Waals surface area contributed by atoms with Crippen LogP contribution in [0.5, 0.6) is 0 Å². The van der Waals surface area contributed by atoms with Crippen LogP contribution in [0.25, 0.3) is 17.0 Å². The van der Waals surface area contributed by atoms with Crippen LogP contribution >= 0.6 is 0 Å². The summed E-state index contributed by atoms with van der Waals surface area (Å²) in [4.78, 5) is 2.43. The van der Waals surface area contributed by atoms with Gasteiger partial charge < -0.3 is 9.42 Å². The molecule has 2 aromatic rings. The predicted molar refractivity (Wildman–Crippen MR) is 70.2 cm³/mol. The number of fused-ring (bicyclic) bond motifs is 1. The van der Waals surface area contributed by atoms with Gasteiger partial charge in [-0.2, -0.15) is 0 Å². The summed E-state index contributed by atoms with van der Waals surface area (Å²) in [6.07, 6.45) is 5.64. The predicted octanol–water partition coefficient (Wildman–Crippen LogP) is 3.46. The van der Waals surface area contributed by atoms with E-state index in [-0.39, 0.29) is 0 Å². The molecule has 0 atom stereocenters. The molecule has 1 aliphatic heterocycles. The second-order valence-corrected chi connectivity index (χ2v) is 4.47. The van der Waals surface area contributed by atoms with Gasteiger partial charge in [-0.15, -0.1) is 0 Å². The van der Waals surface area contributed by atoms with Crippen molar-refractivity contribution < 1.29 is 4.52 Å². The van der Waals surface area contributed by atoms with Crippen LogP contribution in [0.3, 0.4) is 0 Å². The summed E-state index contributed by atoms with van der Waals surface area (Å²) in [5.41, 5.74) is 2.93. The number of hydrogen-bond donors (Lipinski definition) is 0. The van der Waals surface area contributed by atoms with Crippen molar-refractivity contribution in [1.82, 2.24) is 5.16 Å². The maximum Gasteiger partial charge on any atom is 0.169 e. The zero-order chi connectivity index (χ0) is 11.7. The molecule has 0 saturated carbocycles. The molecule has 1 aliphatic rings. The number of nitrogens with zero attached hydrogens (tertiary/aromatic N) is 2. The lowest BCUT2D eigenvalue weighted by Gasteiger charge is -2.29. The Balaban J connectivity index is 2.13. The van der Waals surface area contributed by atoms with Crippen molar-refractivity contribution in [1.29, 1.82) is 0 Å². The molecule has 3 rings (SSSR count). The number of aromatic nitrogens is 1. The lowest BCUT2D eigenvalue weighted by atomic mass is 10.1. The number of hydrogen-bond acceptors (Lipinski definition) is 3. The highest BCUT2D eigenvalue weighted by atomic mass is 16.5. The Bertz CT molecular complexity index is 538. The standard InChI is InChI=1S/C14H16N2O/c1-2-11-14-12(16-9-4-3-5-10-16)7-6-8-13(14)17-15-11/h2,6-8H,1,3-5,9-10H2. The Morgan fingerprint density at radius 2 is 2.06 bits per heavy atom. The van der Waals surface area contributed by atoms with Crippen LogP contribution in [0.4, 0.5) is 5.69 Å². The van der Waals surface area contributed by atoms with Gasteiger partial charge >= 0.3 is 0 Å². The zero-order valence-electron chi connectivity index (χ0n) is 9.85. The van der Waals surface area contributed by atoms with Gasteiger partial charge in [0, 0.05) is 13.1 Å². The third-order valence-electron chi connectivity index (χ3n) is 3.39. The SMILES string of the molecule is C=Cc1noc2cccc(N3CCCCC3)c12. The highest BCUT2D eigenvalue weighted by Gasteiger charge is 2.17. The molecule has 1 aromatic carbocycles. The van der Waals surface area contributed by atoms with E-state index in [0.29, 0.717) is 0 Å². The summed E-state index contributed by atoms with van der Waals surface area (Å²) in [6, 6.07) is 6.14. The molecule has 0 amide bonds. The molecule has 1 saturated heterocycles. The van der Waals surface area contributed by atoms with Gasteiger partial charge in [0.15, 0.2) is 5.58 Å².